The lowest BCUT2D eigenvalue weighted by Crippen LogP contribution is -2.46. The molecule has 0 bridgehead atoms. The Bertz CT molecular complexity index is 875. The van der Waals surface area contributed by atoms with Gasteiger partial charge < -0.3 is 20.3 Å². The van der Waals surface area contributed by atoms with E-state index in [1.165, 1.54) is 12.1 Å². The maximum atomic E-state index is 14.1. The molecule has 2 N–H and O–H groups in total. The van der Waals surface area contributed by atoms with E-state index in [2.05, 4.69) is 38.3 Å². The number of benzene rings is 2. The second-order valence-electron chi connectivity index (χ2n) is 9.45. The number of piperidine rings is 1. The summed E-state index contributed by atoms with van der Waals surface area (Å²) in [4.78, 5) is 14.5. The van der Waals surface area contributed by atoms with Gasteiger partial charge in [-0.05, 0) is 66.6 Å². The van der Waals surface area contributed by atoms with Gasteiger partial charge >= 0.3 is 6.03 Å². The maximum absolute atomic E-state index is 14.1. The molecule has 0 atom stereocenters. The van der Waals surface area contributed by atoms with E-state index < -0.39 is 0 Å². The zero-order valence-corrected chi connectivity index (χ0v) is 19.7. The number of anilines is 1. The summed E-state index contributed by atoms with van der Waals surface area (Å²) in [6.45, 7) is 11.6. The Morgan fingerprint density at radius 3 is 2.34 bits per heavy atom. The van der Waals surface area contributed by atoms with Gasteiger partial charge in [0.2, 0.25) is 0 Å². The Kier molecular flexibility index (Phi) is 8.51. The van der Waals surface area contributed by atoms with E-state index in [0.717, 1.165) is 49.3 Å². The minimum Gasteiger partial charge on any atom is -0.493 e. The van der Waals surface area contributed by atoms with Gasteiger partial charge in [0.05, 0.1) is 6.61 Å². The standard InChI is InChI=1S/C26H36FN3O2/c1-18(2)16-28-23-9-11-30(12-10-23)26(31)29-24-7-5-20(6-8-24)21-13-22(27)15-25(14-21)32-17-19(3)4/h5-8,13-15,18-19,23,28H,9-12,16-17H2,1-4H3,(H,29,31). The lowest BCUT2D eigenvalue weighted by molar-refractivity contribution is 0.188. The first kappa shape index (κ1) is 24.1. The van der Waals surface area contributed by atoms with Crippen molar-refractivity contribution in [3.63, 3.8) is 0 Å². The number of ether oxygens (including phenoxy) is 1. The third kappa shape index (κ3) is 7.23. The molecule has 0 saturated carbocycles. The molecule has 2 amide bonds. The minimum absolute atomic E-state index is 0.0739. The number of carbonyl (C=O) groups excluding carboxylic acids is 1. The summed E-state index contributed by atoms with van der Waals surface area (Å²) < 4.78 is 19.7. The fourth-order valence-electron chi connectivity index (χ4n) is 3.71. The van der Waals surface area contributed by atoms with Crippen molar-refractivity contribution in [3.8, 4) is 16.9 Å². The van der Waals surface area contributed by atoms with Crippen LogP contribution in [0.2, 0.25) is 0 Å². The Morgan fingerprint density at radius 2 is 1.72 bits per heavy atom. The van der Waals surface area contributed by atoms with E-state index in [1.54, 1.807) is 0 Å². The molecule has 2 aromatic carbocycles. The molecule has 0 spiro atoms. The first-order valence-electron chi connectivity index (χ1n) is 11.6. The van der Waals surface area contributed by atoms with Crippen molar-refractivity contribution in [1.29, 1.82) is 0 Å². The summed E-state index contributed by atoms with van der Waals surface area (Å²) in [6.07, 6.45) is 1.94. The molecule has 3 rings (SSSR count). The van der Waals surface area contributed by atoms with Crippen LogP contribution < -0.4 is 15.4 Å². The quantitative estimate of drug-likeness (QED) is 0.547. The number of amides is 2. The molecule has 0 unspecified atom stereocenters. The molecule has 174 valence electrons. The number of nitrogens with zero attached hydrogens (tertiary/aromatic N) is 1. The SMILES string of the molecule is CC(C)CNC1CCN(C(=O)Nc2ccc(-c3cc(F)cc(OCC(C)C)c3)cc2)CC1. The molecular formula is C26H36FN3O2. The van der Waals surface area contributed by atoms with Gasteiger partial charge in [-0.1, -0.05) is 39.8 Å². The summed E-state index contributed by atoms with van der Waals surface area (Å²) in [7, 11) is 0. The Morgan fingerprint density at radius 1 is 1.03 bits per heavy atom. The van der Waals surface area contributed by atoms with Gasteiger partial charge in [-0.15, -0.1) is 0 Å². The highest BCUT2D eigenvalue weighted by molar-refractivity contribution is 5.89. The maximum Gasteiger partial charge on any atom is 0.321 e. The fraction of sp³-hybridized carbons (Fsp3) is 0.500. The smallest absolute Gasteiger partial charge is 0.321 e. The third-order valence-corrected chi connectivity index (χ3v) is 5.52. The van der Waals surface area contributed by atoms with Crippen LogP contribution in [0.3, 0.4) is 0 Å². The van der Waals surface area contributed by atoms with Crippen LogP contribution in [0.1, 0.15) is 40.5 Å². The minimum atomic E-state index is -0.329. The van der Waals surface area contributed by atoms with E-state index in [9.17, 15) is 9.18 Å². The van der Waals surface area contributed by atoms with Gasteiger partial charge in [0.1, 0.15) is 11.6 Å². The topological polar surface area (TPSA) is 53.6 Å². The van der Waals surface area contributed by atoms with Crippen LogP contribution in [0.25, 0.3) is 11.1 Å². The molecule has 0 radical (unpaired) electrons. The predicted molar refractivity (Wildman–Crippen MR) is 129 cm³/mol. The second kappa shape index (κ2) is 11.3. The van der Waals surface area contributed by atoms with Crippen molar-refractivity contribution in [2.24, 2.45) is 11.8 Å². The lowest BCUT2D eigenvalue weighted by atomic mass is 10.0. The summed E-state index contributed by atoms with van der Waals surface area (Å²) in [5.74, 6) is 1.19. The molecule has 2 aromatic rings. The number of hydrogen-bond donors (Lipinski definition) is 2. The Hall–Kier alpha value is -2.60. The van der Waals surface area contributed by atoms with Gasteiger partial charge in [0.15, 0.2) is 0 Å². The molecule has 1 aliphatic heterocycles. The molecule has 1 aliphatic rings. The molecule has 0 aliphatic carbocycles. The average Bonchev–Trinajstić information content (AvgIpc) is 2.76. The van der Waals surface area contributed by atoms with Gasteiger partial charge in [-0.3, -0.25) is 0 Å². The highest BCUT2D eigenvalue weighted by Gasteiger charge is 2.22. The van der Waals surface area contributed by atoms with Gasteiger partial charge in [0, 0.05) is 30.9 Å². The zero-order chi connectivity index (χ0) is 23.1. The van der Waals surface area contributed by atoms with Crippen LogP contribution >= 0.6 is 0 Å². The highest BCUT2D eigenvalue weighted by Crippen LogP contribution is 2.27. The van der Waals surface area contributed by atoms with Gasteiger partial charge in [-0.25, -0.2) is 9.18 Å². The van der Waals surface area contributed by atoms with Crippen molar-refractivity contribution in [2.75, 3.05) is 31.6 Å². The summed E-state index contributed by atoms with van der Waals surface area (Å²) >= 11 is 0. The van der Waals surface area contributed by atoms with Crippen molar-refractivity contribution < 1.29 is 13.9 Å². The molecule has 1 saturated heterocycles. The van der Waals surface area contributed by atoms with Crippen LogP contribution in [0.4, 0.5) is 14.9 Å². The molecule has 5 nitrogen and oxygen atoms in total. The molecular weight excluding hydrogens is 405 g/mol. The van der Waals surface area contributed by atoms with Crippen LogP contribution in [-0.4, -0.2) is 43.2 Å². The first-order valence-corrected chi connectivity index (χ1v) is 11.6. The van der Waals surface area contributed by atoms with Crippen LogP contribution in [0, 0.1) is 17.7 Å². The average molecular weight is 442 g/mol. The second-order valence-corrected chi connectivity index (χ2v) is 9.45. The van der Waals surface area contributed by atoms with E-state index in [4.69, 9.17) is 4.74 Å². The van der Waals surface area contributed by atoms with Crippen LogP contribution in [0.15, 0.2) is 42.5 Å². The van der Waals surface area contributed by atoms with Crippen molar-refractivity contribution >= 4 is 11.7 Å². The monoisotopic (exact) mass is 441 g/mol. The van der Waals surface area contributed by atoms with Crippen molar-refractivity contribution in [2.45, 2.75) is 46.6 Å². The molecule has 32 heavy (non-hydrogen) atoms. The van der Waals surface area contributed by atoms with Crippen LogP contribution in [-0.2, 0) is 0 Å². The molecule has 6 heteroatoms. The summed E-state index contributed by atoms with van der Waals surface area (Å²) in [6, 6.07) is 12.6. The fourth-order valence-corrected chi connectivity index (χ4v) is 3.71. The largest absolute Gasteiger partial charge is 0.493 e. The Labute approximate surface area is 191 Å². The number of likely N-dealkylation sites (tertiary alicyclic amines) is 1. The third-order valence-electron chi connectivity index (χ3n) is 5.52. The van der Waals surface area contributed by atoms with Gasteiger partial charge in [0.25, 0.3) is 0 Å². The van der Waals surface area contributed by atoms with Crippen molar-refractivity contribution in [1.82, 2.24) is 10.2 Å². The number of hydrogen-bond acceptors (Lipinski definition) is 3. The molecule has 1 heterocycles. The van der Waals surface area contributed by atoms with Crippen molar-refractivity contribution in [3.05, 3.63) is 48.3 Å². The number of halogens is 1. The number of rotatable bonds is 8. The highest BCUT2D eigenvalue weighted by atomic mass is 19.1. The first-order chi connectivity index (χ1) is 15.3. The molecule has 1 fully saturated rings. The summed E-state index contributed by atoms with van der Waals surface area (Å²) in [5.41, 5.74) is 2.35. The number of urea groups is 1. The zero-order valence-electron chi connectivity index (χ0n) is 19.7. The van der Waals surface area contributed by atoms with E-state index in [1.807, 2.05) is 35.2 Å². The molecule has 0 aromatic heterocycles. The normalized spacial score (nSPS) is 14.8. The van der Waals surface area contributed by atoms with E-state index in [-0.39, 0.29) is 11.8 Å². The predicted octanol–water partition coefficient (Wildman–Crippen LogP) is 5.77. The summed E-state index contributed by atoms with van der Waals surface area (Å²) in [5, 5.41) is 6.56. The lowest BCUT2D eigenvalue weighted by Gasteiger charge is -2.32. The van der Waals surface area contributed by atoms with Gasteiger partial charge in [-0.2, -0.15) is 0 Å². The Balaban J connectivity index is 1.55. The number of nitrogens with one attached hydrogen (secondary N) is 2. The van der Waals surface area contributed by atoms with Crippen LogP contribution in [0.5, 0.6) is 5.75 Å². The number of carbonyl (C=O) groups is 1. The van der Waals surface area contributed by atoms with E-state index in [0.29, 0.717) is 30.2 Å². The van der Waals surface area contributed by atoms with E-state index >= 15 is 0 Å².